The third-order valence-corrected chi connectivity index (χ3v) is 6.69. The van der Waals surface area contributed by atoms with Crippen LogP contribution in [0.3, 0.4) is 0 Å². The summed E-state index contributed by atoms with van der Waals surface area (Å²) in [6, 6.07) is 11.2. The molecule has 0 saturated carbocycles. The predicted octanol–water partition coefficient (Wildman–Crippen LogP) is 3.94. The van der Waals surface area contributed by atoms with E-state index >= 15 is 0 Å². The lowest BCUT2D eigenvalue weighted by molar-refractivity contribution is -0.144. The summed E-state index contributed by atoms with van der Waals surface area (Å²) in [6.45, 7) is 2.97. The molecule has 0 aliphatic heterocycles. The number of ether oxygens (including phenoxy) is 3. The van der Waals surface area contributed by atoms with E-state index in [1.54, 1.807) is 37.2 Å². The molecule has 0 bridgehead atoms. The van der Waals surface area contributed by atoms with E-state index in [-0.39, 0.29) is 18.3 Å². The Hall–Kier alpha value is -3.11. The summed E-state index contributed by atoms with van der Waals surface area (Å²) in [5.74, 6) is 0.956. The Kier molecular flexibility index (Phi) is 8.67. The summed E-state index contributed by atoms with van der Waals surface area (Å²) in [4.78, 5) is 13.1. The third kappa shape index (κ3) is 6.45. The van der Waals surface area contributed by atoms with Gasteiger partial charge in [-0.05, 0) is 48.7 Å². The highest BCUT2D eigenvalue weighted by molar-refractivity contribution is 7.16. The topological polar surface area (TPSA) is 102 Å². The molecular weight excluding hydrogens is 460 g/mol. The number of rotatable bonds is 9. The molecule has 1 aromatic carbocycles. The standard InChI is InChI=1S/C23H28N4O4S2/c1-4-31-21(28)12-16(14-26-10-5-6-17(29-2)9-11-32-22(26)24)15-27-19-8-7-18(30-3)13-20(19)33-23(27)25/h5-11,13,16,24-25H,4,12,14-15H2,1-3H3. The number of fused-ring (bicyclic) bond motifs is 1. The summed E-state index contributed by atoms with van der Waals surface area (Å²) in [6.07, 6.45) is 1.99. The van der Waals surface area contributed by atoms with Gasteiger partial charge in [-0.15, -0.1) is 11.3 Å². The molecular formula is C23H28N4O4S2. The molecule has 1 unspecified atom stereocenters. The molecule has 10 heteroatoms. The molecule has 0 aliphatic rings. The molecule has 3 rings (SSSR count). The van der Waals surface area contributed by atoms with Crippen molar-refractivity contribution in [3.63, 3.8) is 0 Å². The number of methoxy groups -OCH3 is 2. The predicted molar refractivity (Wildman–Crippen MR) is 129 cm³/mol. The fraction of sp³-hybridized carbons (Fsp3) is 0.348. The van der Waals surface area contributed by atoms with Crippen molar-refractivity contribution < 1.29 is 19.0 Å². The van der Waals surface area contributed by atoms with Gasteiger partial charge in [0.05, 0.1) is 37.5 Å². The average Bonchev–Trinajstić information content (AvgIpc) is 3.14. The van der Waals surface area contributed by atoms with Gasteiger partial charge in [0, 0.05) is 25.2 Å². The van der Waals surface area contributed by atoms with Gasteiger partial charge in [0.1, 0.15) is 11.5 Å². The van der Waals surface area contributed by atoms with Crippen molar-refractivity contribution in [1.82, 2.24) is 9.13 Å². The number of nitrogens with zero attached hydrogens (tertiary/aromatic N) is 2. The Balaban J connectivity index is 1.98. The van der Waals surface area contributed by atoms with Crippen LogP contribution in [0.15, 0.2) is 48.0 Å². The number of carbonyl (C=O) groups excluding carboxylic acids is 1. The van der Waals surface area contributed by atoms with Gasteiger partial charge >= 0.3 is 5.97 Å². The molecule has 2 heterocycles. The quantitative estimate of drug-likeness (QED) is 0.446. The highest BCUT2D eigenvalue weighted by Gasteiger charge is 2.19. The zero-order chi connectivity index (χ0) is 23.8. The number of hydrogen-bond donors (Lipinski definition) is 2. The monoisotopic (exact) mass is 488 g/mol. The Labute approximate surface area is 200 Å². The fourth-order valence-electron chi connectivity index (χ4n) is 3.43. The van der Waals surface area contributed by atoms with Crippen molar-refractivity contribution in [3.05, 3.63) is 57.6 Å². The molecule has 0 amide bonds. The van der Waals surface area contributed by atoms with E-state index in [0.29, 0.717) is 35.0 Å². The number of hydrogen-bond acceptors (Lipinski definition) is 8. The van der Waals surface area contributed by atoms with Gasteiger partial charge in [-0.1, -0.05) is 11.3 Å². The first kappa shape index (κ1) is 24.5. The Morgan fingerprint density at radius 2 is 1.85 bits per heavy atom. The second-order valence-corrected chi connectivity index (χ2v) is 9.14. The van der Waals surface area contributed by atoms with Gasteiger partial charge < -0.3 is 23.3 Å². The van der Waals surface area contributed by atoms with Gasteiger partial charge in [-0.25, -0.2) is 0 Å². The van der Waals surface area contributed by atoms with Crippen LogP contribution >= 0.6 is 22.7 Å². The molecule has 0 fully saturated rings. The van der Waals surface area contributed by atoms with Crippen molar-refractivity contribution in [3.8, 4) is 11.5 Å². The van der Waals surface area contributed by atoms with Crippen molar-refractivity contribution in [2.75, 3.05) is 20.8 Å². The van der Waals surface area contributed by atoms with E-state index in [0.717, 1.165) is 16.0 Å². The van der Waals surface area contributed by atoms with Crippen LogP contribution in [0.25, 0.3) is 10.2 Å². The molecule has 0 aliphatic carbocycles. The second-order valence-electron chi connectivity index (χ2n) is 7.22. The van der Waals surface area contributed by atoms with Crippen LogP contribution in [-0.4, -0.2) is 35.9 Å². The molecule has 2 aromatic heterocycles. The van der Waals surface area contributed by atoms with Gasteiger partial charge in [-0.3, -0.25) is 15.6 Å². The maximum atomic E-state index is 12.4. The minimum absolute atomic E-state index is 0.181. The molecule has 0 saturated heterocycles. The molecule has 0 radical (unpaired) electrons. The highest BCUT2D eigenvalue weighted by atomic mass is 32.1. The van der Waals surface area contributed by atoms with E-state index < -0.39 is 0 Å². The maximum Gasteiger partial charge on any atom is 0.306 e. The minimum Gasteiger partial charge on any atom is -0.497 e. The molecule has 1 atom stereocenters. The molecule has 8 nitrogen and oxygen atoms in total. The fourth-order valence-corrected chi connectivity index (χ4v) is 4.98. The molecule has 2 N–H and O–H groups in total. The Bertz CT molecular complexity index is 1270. The first-order valence-corrected chi connectivity index (χ1v) is 12.1. The number of thiazole rings is 1. The first-order valence-electron chi connectivity index (χ1n) is 10.4. The average molecular weight is 489 g/mol. The lowest BCUT2D eigenvalue weighted by Crippen LogP contribution is -2.28. The zero-order valence-electron chi connectivity index (χ0n) is 18.9. The van der Waals surface area contributed by atoms with E-state index in [1.807, 2.05) is 41.1 Å². The SMILES string of the molecule is CCOC(=O)CC(Cn1cccc(OC)ccsc1=N)Cn1c(=N)sc2cc(OC)ccc21. The van der Waals surface area contributed by atoms with Gasteiger partial charge in [0.15, 0.2) is 9.60 Å². The summed E-state index contributed by atoms with van der Waals surface area (Å²) in [5, 5.41) is 18.8. The summed E-state index contributed by atoms with van der Waals surface area (Å²) >= 11 is 2.63. The molecule has 3 aromatic rings. The molecule has 176 valence electrons. The number of carbonyl (C=O) groups is 1. The Morgan fingerprint density at radius 1 is 1.06 bits per heavy atom. The number of aromatic nitrogens is 2. The van der Waals surface area contributed by atoms with Crippen molar-refractivity contribution in [1.29, 1.82) is 10.8 Å². The summed E-state index contributed by atoms with van der Waals surface area (Å²) in [7, 11) is 3.22. The van der Waals surface area contributed by atoms with Crippen LogP contribution in [-0.2, 0) is 22.6 Å². The highest BCUT2D eigenvalue weighted by Crippen LogP contribution is 2.24. The van der Waals surface area contributed by atoms with Crippen molar-refractivity contribution >= 4 is 38.9 Å². The first-order chi connectivity index (χ1) is 15.9. The minimum atomic E-state index is -0.287. The molecule has 33 heavy (non-hydrogen) atoms. The van der Waals surface area contributed by atoms with Gasteiger partial charge in [0.2, 0.25) is 0 Å². The van der Waals surface area contributed by atoms with Crippen LogP contribution in [0, 0.1) is 16.7 Å². The lowest BCUT2D eigenvalue weighted by atomic mass is 10.1. The number of nitrogens with one attached hydrogen (secondary N) is 2. The van der Waals surface area contributed by atoms with E-state index in [2.05, 4.69) is 0 Å². The zero-order valence-corrected chi connectivity index (χ0v) is 20.5. The van der Waals surface area contributed by atoms with Crippen LogP contribution < -0.4 is 19.1 Å². The van der Waals surface area contributed by atoms with Crippen LogP contribution in [0.2, 0.25) is 0 Å². The second kappa shape index (κ2) is 11.7. The lowest BCUT2D eigenvalue weighted by Gasteiger charge is -2.19. The van der Waals surface area contributed by atoms with Crippen molar-refractivity contribution in [2.24, 2.45) is 5.92 Å². The summed E-state index contributed by atoms with van der Waals surface area (Å²) in [5.41, 5.74) is 0.916. The Morgan fingerprint density at radius 3 is 2.58 bits per heavy atom. The smallest absolute Gasteiger partial charge is 0.306 e. The largest absolute Gasteiger partial charge is 0.497 e. The van der Waals surface area contributed by atoms with E-state index in [1.165, 1.54) is 22.7 Å². The van der Waals surface area contributed by atoms with Crippen LogP contribution in [0.5, 0.6) is 11.5 Å². The summed E-state index contributed by atoms with van der Waals surface area (Å²) < 4.78 is 20.5. The van der Waals surface area contributed by atoms with Crippen LogP contribution in [0.4, 0.5) is 0 Å². The number of esters is 1. The third-order valence-electron chi connectivity index (χ3n) is 5.00. The molecule has 0 spiro atoms. The number of benzene rings is 1. The normalized spacial score (nSPS) is 11.6. The van der Waals surface area contributed by atoms with E-state index in [9.17, 15) is 4.79 Å². The van der Waals surface area contributed by atoms with Gasteiger partial charge in [0.25, 0.3) is 0 Å². The maximum absolute atomic E-state index is 12.4. The van der Waals surface area contributed by atoms with Crippen LogP contribution in [0.1, 0.15) is 13.3 Å². The van der Waals surface area contributed by atoms with Gasteiger partial charge in [-0.2, -0.15) is 0 Å². The van der Waals surface area contributed by atoms with E-state index in [4.69, 9.17) is 25.0 Å². The van der Waals surface area contributed by atoms with Crippen molar-refractivity contribution in [2.45, 2.75) is 26.4 Å².